The van der Waals surface area contributed by atoms with E-state index in [1.54, 1.807) is 13.8 Å². The summed E-state index contributed by atoms with van der Waals surface area (Å²) in [6.45, 7) is 7.70. The Morgan fingerprint density at radius 1 is 1.14 bits per heavy atom. The highest BCUT2D eigenvalue weighted by Crippen LogP contribution is 2.23. The van der Waals surface area contributed by atoms with Crippen molar-refractivity contribution in [1.29, 1.82) is 0 Å². The van der Waals surface area contributed by atoms with E-state index in [2.05, 4.69) is 15.6 Å². The zero-order valence-electron chi connectivity index (χ0n) is 22.0. The van der Waals surface area contributed by atoms with E-state index in [1.807, 2.05) is 44.3 Å². The number of fused-ring (bicyclic) bond motifs is 1. The first-order valence-electron chi connectivity index (χ1n) is 12.9. The van der Waals surface area contributed by atoms with Gasteiger partial charge in [-0.1, -0.05) is 45.9 Å². The van der Waals surface area contributed by atoms with Gasteiger partial charge in [0.05, 0.1) is 6.04 Å². The van der Waals surface area contributed by atoms with Crippen LogP contribution in [-0.4, -0.2) is 69.4 Å². The molecule has 0 spiro atoms. The van der Waals surface area contributed by atoms with Crippen LogP contribution in [0.25, 0.3) is 10.9 Å². The van der Waals surface area contributed by atoms with Crippen LogP contribution >= 0.6 is 0 Å². The van der Waals surface area contributed by atoms with Crippen molar-refractivity contribution in [2.45, 2.75) is 77.5 Å². The second kappa shape index (κ2) is 12.2. The number of rotatable bonds is 11. The zero-order valence-corrected chi connectivity index (χ0v) is 22.0. The number of amides is 3. The molecule has 0 aliphatic carbocycles. The number of aromatic nitrogens is 1. The summed E-state index contributed by atoms with van der Waals surface area (Å²) in [4.78, 5) is 56.1. The van der Waals surface area contributed by atoms with E-state index in [1.165, 1.54) is 4.90 Å². The van der Waals surface area contributed by atoms with E-state index in [0.717, 1.165) is 16.5 Å². The highest BCUT2D eigenvalue weighted by atomic mass is 16.4. The molecule has 1 saturated heterocycles. The van der Waals surface area contributed by atoms with E-state index in [-0.39, 0.29) is 24.2 Å². The van der Waals surface area contributed by atoms with Crippen molar-refractivity contribution < 1.29 is 24.3 Å². The molecule has 1 aliphatic heterocycles. The minimum Gasteiger partial charge on any atom is -0.480 e. The van der Waals surface area contributed by atoms with Gasteiger partial charge in [0, 0.05) is 30.1 Å². The topological polar surface area (TPSA) is 158 Å². The van der Waals surface area contributed by atoms with E-state index >= 15 is 0 Å². The molecule has 2 heterocycles. The van der Waals surface area contributed by atoms with Gasteiger partial charge >= 0.3 is 5.97 Å². The molecule has 202 valence electrons. The first-order chi connectivity index (χ1) is 17.5. The van der Waals surface area contributed by atoms with E-state index in [9.17, 15) is 24.3 Å². The second-order valence-corrected chi connectivity index (χ2v) is 10.6. The smallest absolute Gasteiger partial charge is 0.326 e. The van der Waals surface area contributed by atoms with Crippen molar-refractivity contribution in [2.24, 2.45) is 17.6 Å². The lowest BCUT2D eigenvalue weighted by Crippen LogP contribution is -2.57. The Kier molecular flexibility index (Phi) is 9.31. The van der Waals surface area contributed by atoms with Crippen LogP contribution in [0.2, 0.25) is 0 Å². The molecule has 4 unspecified atom stereocenters. The number of nitrogens with zero attached hydrogens (tertiary/aromatic N) is 1. The first-order valence-corrected chi connectivity index (χ1v) is 12.9. The molecular formula is C27H39N5O5. The molecule has 0 radical (unpaired) electrons. The maximum absolute atomic E-state index is 13.8. The van der Waals surface area contributed by atoms with Gasteiger partial charge in [0.15, 0.2) is 0 Å². The van der Waals surface area contributed by atoms with Gasteiger partial charge in [-0.25, -0.2) is 4.79 Å². The van der Waals surface area contributed by atoms with E-state index in [0.29, 0.717) is 25.8 Å². The second-order valence-electron chi connectivity index (χ2n) is 10.6. The third-order valence-corrected chi connectivity index (χ3v) is 6.84. The van der Waals surface area contributed by atoms with Crippen LogP contribution in [0.4, 0.5) is 0 Å². The fourth-order valence-corrected chi connectivity index (χ4v) is 4.88. The Balaban J connectivity index is 1.84. The SMILES string of the molecule is CC(C)CC(N)C(=O)NC(Cc1c[nH]c2ccccc12)C(=O)N1CCCC1C(=O)NC(C(=O)O)C(C)C. The Bertz CT molecular complexity index is 1130. The van der Waals surface area contributed by atoms with Gasteiger partial charge in [0.25, 0.3) is 0 Å². The summed E-state index contributed by atoms with van der Waals surface area (Å²) in [7, 11) is 0. The molecule has 1 aromatic carbocycles. The number of carbonyl (C=O) groups is 4. The molecule has 6 N–H and O–H groups in total. The average molecular weight is 514 g/mol. The predicted octanol–water partition coefficient (Wildman–Crippen LogP) is 1.79. The van der Waals surface area contributed by atoms with E-state index < -0.39 is 42.0 Å². The number of hydrogen-bond donors (Lipinski definition) is 5. The molecule has 1 aromatic heterocycles. The number of nitrogens with one attached hydrogen (secondary N) is 3. The van der Waals surface area contributed by atoms with Gasteiger partial charge in [-0.3, -0.25) is 14.4 Å². The number of likely N-dealkylation sites (tertiary alicyclic amines) is 1. The summed E-state index contributed by atoms with van der Waals surface area (Å²) in [6.07, 6.45) is 3.53. The van der Waals surface area contributed by atoms with Crippen LogP contribution in [0.1, 0.15) is 52.5 Å². The van der Waals surface area contributed by atoms with Crippen molar-refractivity contribution in [3.8, 4) is 0 Å². The first kappa shape index (κ1) is 28.2. The number of hydrogen-bond acceptors (Lipinski definition) is 5. The van der Waals surface area contributed by atoms with Crippen molar-refractivity contribution in [3.63, 3.8) is 0 Å². The summed E-state index contributed by atoms with van der Waals surface area (Å²) >= 11 is 0. The minimum absolute atomic E-state index is 0.207. The Hall–Kier alpha value is -3.40. The van der Waals surface area contributed by atoms with Crippen LogP contribution in [0.15, 0.2) is 30.5 Å². The van der Waals surface area contributed by atoms with Crippen LogP contribution in [0.3, 0.4) is 0 Å². The number of nitrogens with two attached hydrogens (primary N) is 1. The summed E-state index contributed by atoms with van der Waals surface area (Å²) < 4.78 is 0. The molecule has 0 saturated carbocycles. The molecule has 10 heteroatoms. The molecular weight excluding hydrogens is 474 g/mol. The quantitative estimate of drug-likeness (QED) is 0.308. The van der Waals surface area contributed by atoms with Crippen LogP contribution < -0.4 is 16.4 Å². The summed E-state index contributed by atoms with van der Waals surface area (Å²) in [6, 6.07) is 4.13. The van der Waals surface area contributed by atoms with Crippen LogP contribution in [0, 0.1) is 11.8 Å². The Labute approximate surface area is 217 Å². The summed E-state index contributed by atoms with van der Waals surface area (Å²) in [5, 5.41) is 15.9. The monoisotopic (exact) mass is 513 g/mol. The van der Waals surface area contributed by atoms with Gasteiger partial charge in [-0.05, 0) is 42.7 Å². The molecule has 4 atom stereocenters. The highest BCUT2D eigenvalue weighted by molar-refractivity contribution is 5.95. The number of para-hydroxylation sites is 1. The van der Waals surface area contributed by atoms with Crippen LogP contribution in [-0.2, 0) is 25.6 Å². The predicted molar refractivity (Wildman–Crippen MR) is 141 cm³/mol. The normalized spacial score (nSPS) is 18.1. The molecule has 37 heavy (non-hydrogen) atoms. The Morgan fingerprint density at radius 3 is 2.49 bits per heavy atom. The summed E-state index contributed by atoms with van der Waals surface area (Å²) in [5.41, 5.74) is 7.88. The fraction of sp³-hybridized carbons (Fsp3) is 0.556. The van der Waals surface area contributed by atoms with Crippen molar-refractivity contribution in [1.82, 2.24) is 20.5 Å². The fourth-order valence-electron chi connectivity index (χ4n) is 4.88. The maximum Gasteiger partial charge on any atom is 0.326 e. The molecule has 1 fully saturated rings. The minimum atomic E-state index is -1.12. The molecule has 3 rings (SSSR count). The van der Waals surface area contributed by atoms with Gasteiger partial charge in [0.1, 0.15) is 18.1 Å². The number of carbonyl (C=O) groups excluding carboxylic acids is 3. The molecule has 2 aromatic rings. The molecule has 1 aliphatic rings. The number of carboxylic acids is 1. The zero-order chi connectivity index (χ0) is 27.3. The largest absolute Gasteiger partial charge is 0.480 e. The summed E-state index contributed by atoms with van der Waals surface area (Å²) in [5.74, 6) is -2.53. The molecule has 3 amide bonds. The lowest BCUT2D eigenvalue weighted by Gasteiger charge is -2.30. The van der Waals surface area contributed by atoms with E-state index in [4.69, 9.17) is 5.73 Å². The number of H-pyrrole nitrogens is 1. The third kappa shape index (κ3) is 6.88. The van der Waals surface area contributed by atoms with Gasteiger partial charge in [-0.2, -0.15) is 0 Å². The number of benzene rings is 1. The average Bonchev–Trinajstić information content (AvgIpc) is 3.48. The lowest BCUT2D eigenvalue weighted by atomic mass is 10.0. The molecule has 10 nitrogen and oxygen atoms in total. The maximum atomic E-state index is 13.8. The number of aromatic amines is 1. The molecule has 0 bridgehead atoms. The van der Waals surface area contributed by atoms with Crippen molar-refractivity contribution in [3.05, 3.63) is 36.0 Å². The van der Waals surface area contributed by atoms with Crippen LogP contribution in [0.5, 0.6) is 0 Å². The number of aliphatic carboxylic acids is 1. The van der Waals surface area contributed by atoms with Crippen molar-refractivity contribution >= 4 is 34.6 Å². The van der Waals surface area contributed by atoms with Gasteiger partial charge < -0.3 is 31.4 Å². The number of carboxylic acid groups (broad SMARTS) is 1. The van der Waals surface area contributed by atoms with Gasteiger partial charge in [0.2, 0.25) is 17.7 Å². The van der Waals surface area contributed by atoms with Crippen molar-refractivity contribution in [2.75, 3.05) is 6.54 Å². The van der Waals surface area contributed by atoms with Gasteiger partial charge in [-0.15, -0.1) is 0 Å². The third-order valence-electron chi connectivity index (χ3n) is 6.84. The Morgan fingerprint density at radius 2 is 1.84 bits per heavy atom. The lowest BCUT2D eigenvalue weighted by molar-refractivity contribution is -0.145. The highest BCUT2D eigenvalue weighted by Gasteiger charge is 2.39. The standard InChI is InChI=1S/C27H39N5O5/c1-15(2)12-19(28)24(33)30-21(13-17-14-29-20-9-6-5-8-18(17)20)26(35)32-11-7-10-22(32)25(34)31-23(16(3)4)27(36)37/h5-6,8-9,14-16,19,21-23,29H,7,10-13,28H2,1-4H3,(H,30,33)(H,31,34)(H,36,37).